The van der Waals surface area contributed by atoms with Crippen LogP contribution < -0.4 is 4.90 Å². The molecule has 2 nitrogen and oxygen atoms in total. The zero-order valence-electron chi connectivity index (χ0n) is 10.6. The molecule has 0 N–H and O–H groups in total. The molecule has 1 fully saturated rings. The Balaban J connectivity index is 2.12. The molecule has 1 aliphatic heterocycles. The lowest BCUT2D eigenvalue weighted by molar-refractivity contribution is 0.0855. The number of aryl methyl sites for hydroxylation is 1. The van der Waals surface area contributed by atoms with Gasteiger partial charge in [-0.1, -0.05) is 6.07 Å². The van der Waals surface area contributed by atoms with Crippen LogP contribution in [-0.4, -0.2) is 26.3 Å². The first-order chi connectivity index (χ1) is 8.22. The molecule has 94 valence electrons. The van der Waals surface area contributed by atoms with Crippen molar-refractivity contribution in [1.82, 2.24) is 0 Å². The molecule has 0 aromatic heterocycles. The molecule has 0 radical (unpaired) electrons. The van der Waals surface area contributed by atoms with Crippen LogP contribution in [0.4, 0.5) is 5.69 Å². The van der Waals surface area contributed by atoms with E-state index in [1.165, 1.54) is 16.8 Å². The van der Waals surface area contributed by atoms with Gasteiger partial charge in [0.25, 0.3) is 0 Å². The van der Waals surface area contributed by atoms with Gasteiger partial charge in [0.05, 0.1) is 0 Å². The van der Waals surface area contributed by atoms with Gasteiger partial charge in [-0.3, -0.25) is 0 Å². The number of nitrogens with zero attached hydrogens (tertiary/aromatic N) is 1. The third-order valence-electron chi connectivity index (χ3n) is 3.62. The Bertz CT molecular complexity index is 374. The summed E-state index contributed by atoms with van der Waals surface area (Å²) < 4.78 is 5.40. The highest BCUT2D eigenvalue weighted by molar-refractivity contribution is 6.17. The highest BCUT2D eigenvalue weighted by atomic mass is 35.5. The van der Waals surface area contributed by atoms with Crippen molar-refractivity contribution in [3.8, 4) is 0 Å². The number of halogens is 1. The molecule has 0 spiro atoms. The summed E-state index contributed by atoms with van der Waals surface area (Å²) in [5, 5.41) is 0. The molecule has 17 heavy (non-hydrogen) atoms. The summed E-state index contributed by atoms with van der Waals surface area (Å²) in [6.45, 7) is 3.89. The van der Waals surface area contributed by atoms with Gasteiger partial charge in [-0.2, -0.15) is 0 Å². The van der Waals surface area contributed by atoms with Gasteiger partial charge in [-0.15, -0.1) is 11.6 Å². The molecule has 1 heterocycles. The molecule has 0 unspecified atom stereocenters. The summed E-state index contributed by atoms with van der Waals surface area (Å²) in [5.74, 6) is 0.590. The number of hydrogen-bond acceptors (Lipinski definition) is 2. The lowest BCUT2D eigenvalue weighted by Gasteiger charge is -2.33. The molecule has 0 amide bonds. The monoisotopic (exact) mass is 253 g/mol. The van der Waals surface area contributed by atoms with Crippen molar-refractivity contribution in [2.75, 3.05) is 25.2 Å². The largest absolute Gasteiger partial charge is 0.381 e. The first-order valence-electron chi connectivity index (χ1n) is 6.18. The third kappa shape index (κ3) is 2.93. The van der Waals surface area contributed by atoms with Gasteiger partial charge in [0.2, 0.25) is 0 Å². The second-order valence-electron chi connectivity index (χ2n) is 4.70. The fraction of sp³-hybridized carbons (Fsp3) is 0.571. The van der Waals surface area contributed by atoms with Crippen molar-refractivity contribution in [3.63, 3.8) is 0 Å². The average molecular weight is 254 g/mol. The topological polar surface area (TPSA) is 12.5 Å². The molecule has 0 atom stereocenters. The van der Waals surface area contributed by atoms with Crippen LogP contribution in [0.15, 0.2) is 18.2 Å². The first kappa shape index (κ1) is 12.7. The van der Waals surface area contributed by atoms with Crippen LogP contribution in [0.25, 0.3) is 0 Å². The molecule has 1 saturated heterocycles. The fourth-order valence-corrected chi connectivity index (χ4v) is 2.63. The van der Waals surface area contributed by atoms with Crippen molar-refractivity contribution in [3.05, 3.63) is 29.3 Å². The standard InChI is InChI=1S/C14H20ClNO/c1-11-9-14(4-3-12(11)10-15)16(2)13-5-7-17-8-6-13/h3-4,9,13H,5-8,10H2,1-2H3. The van der Waals surface area contributed by atoms with Crippen molar-refractivity contribution in [2.45, 2.75) is 31.7 Å². The molecule has 0 aliphatic carbocycles. The van der Waals surface area contributed by atoms with Crippen LogP contribution in [0.3, 0.4) is 0 Å². The minimum atomic E-state index is 0.590. The lowest BCUT2D eigenvalue weighted by atomic mass is 10.0. The molecule has 3 heteroatoms. The maximum Gasteiger partial charge on any atom is 0.0485 e. The van der Waals surface area contributed by atoms with E-state index in [1.807, 2.05) is 0 Å². The second kappa shape index (κ2) is 5.74. The number of benzene rings is 1. The Kier molecular flexibility index (Phi) is 4.30. The highest BCUT2D eigenvalue weighted by Gasteiger charge is 2.18. The molecule has 2 rings (SSSR count). The van der Waals surface area contributed by atoms with Gasteiger partial charge < -0.3 is 9.64 Å². The van der Waals surface area contributed by atoms with E-state index < -0.39 is 0 Å². The van der Waals surface area contributed by atoms with E-state index in [-0.39, 0.29) is 0 Å². The van der Waals surface area contributed by atoms with Crippen molar-refractivity contribution in [2.24, 2.45) is 0 Å². The smallest absolute Gasteiger partial charge is 0.0485 e. The summed E-state index contributed by atoms with van der Waals surface area (Å²) in [5.41, 5.74) is 3.77. The van der Waals surface area contributed by atoms with E-state index in [2.05, 4.69) is 37.1 Å². The second-order valence-corrected chi connectivity index (χ2v) is 4.97. The fourth-order valence-electron chi connectivity index (χ4n) is 2.33. The van der Waals surface area contributed by atoms with Gasteiger partial charge >= 0.3 is 0 Å². The number of hydrogen-bond donors (Lipinski definition) is 0. The minimum absolute atomic E-state index is 0.590. The molecule has 0 bridgehead atoms. The lowest BCUT2D eigenvalue weighted by Crippen LogP contribution is -2.36. The van der Waals surface area contributed by atoms with Crippen molar-refractivity contribution in [1.29, 1.82) is 0 Å². The summed E-state index contributed by atoms with van der Waals surface area (Å²) in [4.78, 5) is 2.37. The van der Waals surface area contributed by atoms with Crippen LogP contribution in [0.2, 0.25) is 0 Å². The molecule has 1 aromatic rings. The average Bonchev–Trinajstić information content (AvgIpc) is 2.39. The predicted octanol–water partition coefficient (Wildman–Crippen LogP) is 3.35. The first-order valence-corrected chi connectivity index (χ1v) is 6.72. The Hall–Kier alpha value is -0.730. The van der Waals surface area contributed by atoms with Crippen LogP contribution in [0.5, 0.6) is 0 Å². The van der Waals surface area contributed by atoms with E-state index in [1.54, 1.807) is 0 Å². The summed E-state index contributed by atoms with van der Waals surface area (Å²) in [7, 11) is 2.17. The van der Waals surface area contributed by atoms with Crippen LogP contribution in [0.1, 0.15) is 24.0 Å². The van der Waals surface area contributed by atoms with Crippen molar-refractivity contribution >= 4 is 17.3 Å². The number of anilines is 1. The van der Waals surface area contributed by atoms with E-state index >= 15 is 0 Å². The zero-order valence-corrected chi connectivity index (χ0v) is 11.3. The Labute approximate surface area is 109 Å². The van der Waals surface area contributed by atoms with E-state index in [0.29, 0.717) is 11.9 Å². The number of ether oxygens (including phenoxy) is 1. The number of alkyl halides is 1. The summed E-state index contributed by atoms with van der Waals surface area (Å²) in [6, 6.07) is 7.13. The molecule has 1 aliphatic rings. The Morgan fingerprint density at radius 3 is 2.65 bits per heavy atom. The van der Waals surface area contributed by atoms with Crippen LogP contribution in [-0.2, 0) is 10.6 Å². The molecular formula is C14H20ClNO. The zero-order chi connectivity index (χ0) is 12.3. The van der Waals surface area contributed by atoms with Gasteiger partial charge in [-0.05, 0) is 43.0 Å². The quantitative estimate of drug-likeness (QED) is 0.766. The van der Waals surface area contributed by atoms with Crippen LogP contribution in [0, 0.1) is 6.92 Å². The Morgan fingerprint density at radius 1 is 1.35 bits per heavy atom. The molecule has 1 aromatic carbocycles. The summed E-state index contributed by atoms with van der Waals surface area (Å²) in [6.07, 6.45) is 2.24. The van der Waals surface area contributed by atoms with Gasteiger partial charge in [0.15, 0.2) is 0 Å². The van der Waals surface area contributed by atoms with Gasteiger partial charge in [0, 0.05) is 37.9 Å². The minimum Gasteiger partial charge on any atom is -0.381 e. The third-order valence-corrected chi connectivity index (χ3v) is 3.90. The Morgan fingerprint density at radius 2 is 2.06 bits per heavy atom. The van der Waals surface area contributed by atoms with Gasteiger partial charge in [-0.25, -0.2) is 0 Å². The van der Waals surface area contributed by atoms with E-state index in [0.717, 1.165) is 26.1 Å². The molecule has 0 saturated carbocycles. The maximum absolute atomic E-state index is 5.88. The normalized spacial score (nSPS) is 17.1. The van der Waals surface area contributed by atoms with E-state index in [4.69, 9.17) is 16.3 Å². The SMILES string of the molecule is Cc1cc(N(C)C2CCOCC2)ccc1CCl. The summed E-state index contributed by atoms with van der Waals surface area (Å²) >= 11 is 5.88. The molecular weight excluding hydrogens is 234 g/mol. The van der Waals surface area contributed by atoms with E-state index in [9.17, 15) is 0 Å². The highest BCUT2D eigenvalue weighted by Crippen LogP contribution is 2.24. The maximum atomic E-state index is 5.88. The predicted molar refractivity (Wildman–Crippen MR) is 73.0 cm³/mol. The van der Waals surface area contributed by atoms with Crippen molar-refractivity contribution < 1.29 is 4.74 Å². The number of rotatable bonds is 3. The van der Waals surface area contributed by atoms with Crippen LogP contribution >= 0.6 is 11.6 Å². The van der Waals surface area contributed by atoms with Gasteiger partial charge in [0.1, 0.15) is 0 Å².